The highest BCUT2D eigenvalue weighted by Crippen LogP contribution is 2.03. The van der Waals surface area contributed by atoms with E-state index < -0.39 is 0 Å². The van der Waals surface area contributed by atoms with Gasteiger partial charge >= 0.3 is 0 Å². The molecule has 178 valence electrons. The summed E-state index contributed by atoms with van der Waals surface area (Å²) in [5.41, 5.74) is 0. The lowest BCUT2D eigenvalue weighted by molar-refractivity contribution is -0.123. The van der Waals surface area contributed by atoms with Gasteiger partial charge in [0.05, 0.1) is 6.04 Å². The first kappa shape index (κ1) is 28.7. The van der Waals surface area contributed by atoms with Crippen molar-refractivity contribution in [3.05, 3.63) is 0 Å². The highest BCUT2D eigenvalue weighted by atomic mass is 16.2. The van der Waals surface area contributed by atoms with Gasteiger partial charge in [0.25, 0.3) is 0 Å². The van der Waals surface area contributed by atoms with Crippen LogP contribution in [-0.4, -0.2) is 91.4 Å². The maximum absolute atomic E-state index is 12.3. The van der Waals surface area contributed by atoms with Crippen molar-refractivity contribution in [1.82, 2.24) is 37.2 Å². The Bertz CT molecular complexity index is 438. The summed E-state index contributed by atoms with van der Waals surface area (Å²) in [5, 5.41) is 21.8. The van der Waals surface area contributed by atoms with Crippen molar-refractivity contribution < 1.29 is 9.59 Å². The van der Waals surface area contributed by atoms with Crippen LogP contribution in [0.15, 0.2) is 0 Å². The lowest BCUT2D eigenvalue weighted by Crippen LogP contribution is -2.43. The molecule has 0 saturated heterocycles. The first-order valence-electron chi connectivity index (χ1n) is 11.4. The molecule has 0 heterocycles. The standard InChI is InChI=1S/C21H47N7O2/c1-22-12-6-10-18(25-4)16-28-20(29)15-17(24-3)9-7-14-27-21(30)19(26-5)11-8-13-23-2/h17-19,22-26H,6-16H2,1-5H3,(H,27,30)(H,28,29)/t17-,18-,19-/m0/s1. The Morgan fingerprint density at radius 2 is 1.23 bits per heavy atom. The molecule has 0 bridgehead atoms. The van der Waals surface area contributed by atoms with Gasteiger partial charge in [-0.25, -0.2) is 0 Å². The van der Waals surface area contributed by atoms with Crippen molar-refractivity contribution in [3.8, 4) is 0 Å². The van der Waals surface area contributed by atoms with Crippen LogP contribution < -0.4 is 37.2 Å². The van der Waals surface area contributed by atoms with Crippen LogP contribution in [0.25, 0.3) is 0 Å². The van der Waals surface area contributed by atoms with E-state index in [1.807, 2.05) is 35.2 Å². The summed E-state index contributed by atoms with van der Waals surface area (Å²) >= 11 is 0. The van der Waals surface area contributed by atoms with E-state index >= 15 is 0 Å². The van der Waals surface area contributed by atoms with Crippen LogP contribution in [0, 0.1) is 0 Å². The van der Waals surface area contributed by atoms with Gasteiger partial charge in [0.1, 0.15) is 0 Å². The molecule has 30 heavy (non-hydrogen) atoms. The molecule has 2 amide bonds. The van der Waals surface area contributed by atoms with E-state index in [0.717, 1.165) is 51.6 Å². The maximum Gasteiger partial charge on any atom is 0.237 e. The van der Waals surface area contributed by atoms with Crippen LogP contribution in [-0.2, 0) is 9.59 Å². The fourth-order valence-electron chi connectivity index (χ4n) is 3.33. The summed E-state index contributed by atoms with van der Waals surface area (Å²) in [6.45, 7) is 3.15. The van der Waals surface area contributed by atoms with Crippen molar-refractivity contribution in [2.75, 3.05) is 61.4 Å². The monoisotopic (exact) mass is 429 g/mol. The Morgan fingerprint density at radius 1 is 0.667 bits per heavy atom. The predicted molar refractivity (Wildman–Crippen MR) is 125 cm³/mol. The summed E-state index contributed by atoms with van der Waals surface area (Å²) in [6, 6.07) is 0.242. The molecule has 0 spiro atoms. The number of hydrogen-bond acceptors (Lipinski definition) is 7. The molecule has 0 aromatic heterocycles. The van der Waals surface area contributed by atoms with Crippen molar-refractivity contribution in [2.45, 2.75) is 63.1 Å². The van der Waals surface area contributed by atoms with Gasteiger partial charge in [-0.05, 0) is 86.9 Å². The fourth-order valence-corrected chi connectivity index (χ4v) is 3.33. The van der Waals surface area contributed by atoms with Crippen LogP contribution in [0.1, 0.15) is 44.9 Å². The van der Waals surface area contributed by atoms with Gasteiger partial charge in [0.2, 0.25) is 11.8 Å². The van der Waals surface area contributed by atoms with E-state index in [1.54, 1.807) is 0 Å². The Hall–Kier alpha value is -1.26. The number of likely N-dealkylation sites (N-methyl/N-ethyl adjacent to an activating group) is 2. The molecule has 0 aromatic rings. The van der Waals surface area contributed by atoms with Crippen molar-refractivity contribution in [3.63, 3.8) is 0 Å². The third-order valence-electron chi connectivity index (χ3n) is 5.39. The molecular formula is C21H47N7O2. The summed E-state index contributed by atoms with van der Waals surface area (Å²) in [7, 11) is 9.49. The molecule has 0 rings (SSSR count). The first-order chi connectivity index (χ1) is 14.5. The van der Waals surface area contributed by atoms with Gasteiger partial charge in [-0.1, -0.05) is 0 Å². The van der Waals surface area contributed by atoms with E-state index in [2.05, 4.69) is 37.2 Å². The van der Waals surface area contributed by atoms with Crippen molar-refractivity contribution in [2.24, 2.45) is 0 Å². The van der Waals surface area contributed by atoms with E-state index in [0.29, 0.717) is 25.6 Å². The Kier molecular flexibility index (Phi) is 18.9. The van der Waals surface area contributed by atoms with Crippen LogP contribution in [0.4, 0.5) is 0 Å². The third kappa shape index (κ3) is 14.7. The van der Waals surface area contributed by atoms with E-state index in [1.165, 1.54) is 0 Å². The quantitative estimate of drug-likeness (QED) is 0.126. The van der Waals surface area contributed by atoms with Gasteiger partial charge in [-0.2, -0.15) is 0 Å². The van der Waals surface area contributed by atoms with Gasteiger partial charge in [-0.15, -0.1) is 0 Å². The second kappa shape index (κ2) is 19.7. The highest BCUT2D eigenvalue weighted by Gasteiger charge is 2.16. The molecule has 0 unspecified atom stereocenters. The minimum Gasteiger partial charge on any atom is -0.355 e. The number of rotatable bonds is 20. The van der Waals surface area contributed by atoms with Crippen LogP contribution >= 0.6 is 0 Å². The van der Waals surface area contributed by atoms with E-state index in [9.17, 15) is 9.59 Å². The minimum atomic E-state index is -0.155. The van der Waals surface area contributed by atoms with Crippen LogP contribution in [0.2, 0.25) is 0 Å². The number of hydrogen-bond donors (Lipinski definition) is 7. The van der Waals surface area contributed by atoms with Gasteiger partial charge in [0, 0.05) is 31.6 Å². The normalized spacial score (nSPS) is 14.2. The van der Waals surface area contributed by atoms with Gasteiger partial charge in [-0.3, -0.25) is 9.59 Å². The Morgan fingerprint density at radius 3 is 1.80 bits per heavy atom. The molecule has 0 aliphatic rings. The smallest absolute Gasteiger partial charge is 0.237 e. The zero-order valence-electron chi connectivity index (χ0n) is 19.8. The summed E-state index contributed by atoms with van der Waals surface area (Å²) < 4.78 is 0. The van der Waals surface area contributed by atoms with Crippen LogP contribution in [0.5, 0.6) is 0 Å². The zero-order valence-corrected chi connectivity index (χ0v) is 19.8. The molecule has 3 atom stereocenters. The highest BCUT2D eigenvalue weighted by molar-refractivity contribution is 5.81. The molecule has 9 heteroatoms. The first-order valence-corrected chi connectivity index (χ1v) is 11.4. The van der Waals surface area contributed by atoms with E-state index in [-0.39, 0.29) is 23.9 Å². The summed E-state index contributed by atoms with van der Waals surface area (Å²) in [6.07, 6.45) is 5.98. The number of carbonyl (C=O) groups is 2. The fraction of sp³-hybridized carbons (Fsp3) is 0.905. The van der Waals surface area contributed by atoms with Crippen molar-refractivity contribution in [1.29, 1.82) is 0 Å². The zero-order chi connectivity index (χ0) is 22.6. The minimum absolute atomic E-state index is 0.0451. The lowest BCUT2D eigenvalue weighted by atomic mass is 10.1. The molecular weight excluding hydrogens is 382 g/mol. The molecule has 7 N–H and O–H groups in total. The second-order valence-corrected chi connectivity index (χ2v) is 7.75. The lowest BCUT2D eigenvalue weighted by Gasteiger charge is -2.20. The average Bonchev–Trinajstić information content (AvgIpc) is 2.75. The second-order valence-electron chi connectivity index (χ2n) is 7.75. The Balaban J connectivity index is 4.08. The number of amides is 2. The summed E-state index contributed by atoms with van der Waals surface area (Å²) in [4.78, 5) is 24.5. The van der Waals surface area contributed by atoms with Crippen LogP contribution in [0.3, 0.4) is 0 Å². The third-order valence-corrected chi connectivity index (χ3v) is 5.39. The van der Waals surface area contributed by atoms with Crippen molar-refractivity contribution >= 4 is 11.8 Å². The SMILES string of the molecule is CNCCC[C@@H](CNC(=O)C[C@H](CCCNC(=O)[C@H](CCCNC)NC)NC)NC. The Labute approximate surface area is 183 Å². The number of nitrogens with one attached hydrogen (secondary N) is 7. The largest absolute Gasteiger partial charge is 0.355 e. The molecule has 0 aromatic carbocycles. The molecule has 0 fully saturated rings. The number of carbonyl (C=O) groups excluding carboxylic acids is 2. The molecule has 0 saturated carbocycles. The predicted octanol–water partition coefficient (Wildman–Crippen LogP) is -0.848. The van der Waals surface area contributed by atoms with E-state index in [4.69, 9.17) is 0 Å². The molecule has 0 aliphatic heterocycles. The average molecular weight is 430 g/mol. The van der Waals surface area contributed by atoms with Gasteiger partial charge in [0.15, 0.2) is 0 Å². The van der Waals surface area contributed by atoms with Gasteiger partial charge < -0.3 is 37.2 Å². The molecule has 0 aliphatic carbocycles. The molecule has 9 nitrogen and oxygen atoms in total. The topological polar surface area (TPSA) is 118 Å². The summed E-state index contributed by atoms with van der Waals surface area (Å²) in [5.74, 6) is 0.107. The molecule has 0 radical (unpaired) electrons. The maximum atomic E-state index is 12.3.